The zero-order chi connectivity index (χ0) is 21.0. The van der Waals surface area contributed by atoms with Crippen LogP contribution in [0.4, 0.5) is 0 Å². The van der Waals surface area contributed by atoms with Crippen molar-refractivity contribution in [2.45, 2.75) is 118 Å². The van der Waals surface area contributed by atoms with Crippen LogP contribution in [0.3, 0.4) is 0 Å². The van der Waals surface area contributed by atoms with Gasteiger partial charge in [0.05, 0.1) is 6.10 Å². The van der Waals surface area contributed by atoms with Crippen molar-refractivity contribution in [1.29, 1.82) is 0 Å². The Morgan fingerprint density at radius 3 is 2.41 bits per heavy atom. The predicted molar refractivity (Wildman–Crippen MR) is 124 cm³/mol. The molecule has 8 unspecified atom stereocenters. The van der Waals surface area contributed by atoms with E-state index in [1.54, 1.807) is 5.57 Å². The van der Waals surface area contributed by atoms with E-state index in [2.05, 4.69) is 41.5 Å². The first kappa shape index (κ1) is 21.9. The predicted octanol–water partition coefficient (Wildman–Crippen LogP) is 7.78. The number of fused-ring (bicyclic) bond motifs is 5. The number of rotatable bonds is 5. The minimum Gasteiger partial charge on any atom is -0.389 e. The smallest absolute Gasteiger partial charge is 0.0750 e. The molecule has 0 amide bonds. The fourth-order valence-electron chi connectivity index (χ4n) is 9.16. The fourth-order valence-corrected chi connectivity index (χ4v) is 9.16. The van der Waals surface area contributed by atoms with Gasteiger partial charge in [-0.1, -0.05) is 59.5 Å². The van der Waals surface area contributed by atoms with Crippen LogP contribution >= 0.6 is 0 Å². The van der Waals surface area contributed by atoms with E-state index in [0.29, 0.717) is 10.8 Å². The van der Waals surface area contributed by atoms with Gasteiger partial charge in [-0.3, -0.25) is 0 Å². The molecule has 8 atom stereocenters. The first-order valence-electron chi connectivity index (χ1n) is 13.1. The molecule has 0 aromatic heterocycles. The summed E-state index contributed by atoms with van der Waals surface area (Å²) in [5.41, 5.74) is 3.99. The lowest BCUT2D eigenvalue weighted by molar-refractivity contribution is -0.0638. The maximum absolute atomic E-state index is 10.5. The van der Waals surface area contributed by atoms with Gasteiger partial charge >= 0.3 is 0 Å². The summed E-state index contributed by atoms with van der Waals surface area (Å²) in [5, 5.41) is 10.5. The van der Waals surface area contributed by atoms with Crippen molar-refractivity contribution in [2.75, 3.05) is 0 Å². The Labute approximate surface area is 181 Å². The molecule has 0 bridgehead atoms. The standard InChI is InChI=1S/C28H48O/c1-18(2)8-7-9-19(3)22-12-13-24-21-10-11-23-20(4)26(29)15-17-28(23,6)25(21)14-16-27(22,24)5/h18-19,21-22,24-26,29H,7-17H2,1-6H3. The number of aliphatic hydroxyl groups is 1. The largest absolute Gasteiger partial charge is 0.389 e. The van der Waals surface area contributed by atoms with Gasteiger partial charge in [-0.15, -0.1) is 0 Å². The first-order chi connectivity index (χ1) is 13.7. The summed E-state index contributed by atoms with van der Waals surface area (Å²) in [5.74, 6) is 5.50. The normalized spacial score (nSPS) is 45.7. The lowest BCUT2D eigenvalue weighted by Crippen LogP contribution is -2.51. The van der Waals surface area contributed by atoms with Gasteiger partial charge < -0.3 is 5.11 Å². The molecule has 1 heteroatoms. The van der Waals surface area contributed by atoms with Crippen LogP contribution in [-0.2, 0) is 0 Å². The molecule has 166 valence electrons. The molecule has 3 fully saturated rings. The van der Waals surface area contributed by atoms with Gasteiger partial charge in [-0.2, -0.15) is 0 Å². The van der Waals surface area contributed by atoms with Crippen LogP contribution in [0, 0.1) is 46.3 Å². The summed E-state index contributed by atoms with van der Waals surface area (Å²) in [6, 6.07) is 0. The highest BCUT2D eigenvalue weighted by molar-refractivity contribution is 5.30. The van der Waals surface area contributed by atoms with Gasteiger partial charge in [0, 0.05) is 0 Å². The number of hydrogen-bond donors (Lipinski definition) is 1. The Morgan fingerprint density at radius 2 is 1.69 bits per heavy atom. The second-order valence-corrected chi connectivity index (χ2v) is 12.6. The second kappa shape index (κ2) is 7.99. The zero-order valence-electron chi connectivity index (χ0n) is 20.3. The van der Waals surface area contributed by atoms with E-state index in [1.165, 1.54) is 69.8 Å². The molecule has 29 heavy (non-hydrogen) atoms. The van der Waals surface area contributed by atoms with Gasteiger partial charge in [0.15, 0.2) is 0 Å². The van der Waals surface area contributed by atoms with Gasteiger partial charge in [-0.25, -0.2) is 0 Å². The van der Waals surface area contributed by atoms with Crippen LogP contribution in [0.5, 0.6) is 0 Å². The molecule has 0 aromatic rings. The molecule has 0 spiro atoms. The van der Waals surface area contributed by atoms with E-state index >= 15 is 0 Å². The lowest BCUT2D eigenvalue weighted by atomic mass is 9.46. The van der Waals surface area contributed by atoms with E-state index in [-0.39, 0.29) is 6.10 Å². The van der Waals surface area contributed by atoms with Crippen molar-refractivity contribution in [3.63, 3.8) is 0 Å². The van der Waals surface area contributed by atoms with Crippen LogP contribution in [0.1, 0.15) is 112 Å². The molecule has 1 nitrogen and oxygen atoms in total. The average molecular weight is 401 g/mol. The molecule has 4 aliphatic rings. The Kier molecular flexibility index (Phi) is 6.04. The summed E-state index contributed by atoms with van der Waals surface area (Å²) < 4.78 is 0. The maximum Gasteiger partial charge on any atom is 0.0750 e. The fraction of sp³-hybridized carbons (Fsp3) is 0.929. The molecule has 1 N–H and O–H groups in total. The van der Waals surface area contributed by atoms with Crippen LogP contribution in [0.2, 0.25) is 0 Å². The monoisotopic (exact) mass is 400 g/mol. The summed E-state index contributed by atoms with van der Waals surface area (Å²) >= 11 is 0. The number of hydrogen-bond acceptors (Lipinski definition) is 1. The first-order valence-corrected chi connectivity index (χ1v) is 13.1. The van der Waals surface area contributed by atoms with Gasteiger partial charge in [0.1, 0.15) is 0 Å². The van der Waals surface area contributed by atoms with Gasteiger partial charge in [0.2, 0.25) is 0 Å². The van der Waals surface area contributed by atoms with Crippen LogP contribution in [0.25, 0.3) is 0 Å². The van der Waals surface area contributed by atoms with E-state index in [9.17, 15) is 5.11 Å². The van der Waals surface area contributed by atoms with E-state index in [0.717, 1.165) is 41.9 Å². The highest BCUT2D eigenvalue weighted by Crippen LogP contribution is 2.68. The van der Waals surface area contributed by atoms with Crippen molar-refractivity contribution in [3.05, 3.63) is 11.1 Å². The Balaban J connectivity index is 1.51. The third-order valence-electron chi connectivity index (χ3n) is 10.8. The lowest BCUT2D eigenvalue weighted by Gasteiger charge is -2.59. The van der Waals surface area contributed by atoms with E-state index in [1.807, 2.05) is 0 Å². The minimum atomic E-state index is -0.161. The summed E-state index contributed by atoms with van der Waals surface area (Å²) in [6.45, 7) is 14.8. The molecule has 0 aromatic carbocycles. The van der Waals surface area contributed by atoms with Crippen molar-refractivity contribution in [2.24, 2.45) is 46.3 Å². The maximum atomic E-state index is 10.5. The van der Waals surface area contributed by atoms with Gasteiger partial charge in [0.25, 0.3) is 0 Å². The van der Waals surface area contributed by atoms with Gasteiger partial charge in [-0.05, 0) is 110 Å². The second-order valence-electron chi connectivity index (χ2n) is 12.6. The molecule has 3 saturated carbocycles. The highest BCUT2D eigenvalue weighted by Gasteiger charge is 2.59. The van der Waals surface area contributed by atoms with Crippen molar-refractivity contribution < 1.29 is 5.11 Å². The SMILES string of the molecule is CC1=C2CCC3C(CCC4(C)C(C(C)CCCC(C)C)CCC34)C2(C)CCC1O. The number of allylic oxidation sites excluding steroid dienone is 1. The molecule has 4 aliphatic carbocycles. The molecule has 0 aliphatic heterocycles. The minimum absolute atomic E-state index is 0.161. The molecular weight excluding hydrogens is 352 g/mol. The van der Waals surface area contributed by atoms with Crippen LogP contribution in [0.15, 0.2) is 11.1 Å². The molecule has 0 heterocycles. The summed E-state index contributed by atoms with van der Waals surface area (Å²) in [4.78, 5) is 0. The quantitative estimate of drug-likeness (QED) is 0.467. The van der Waals surface area contributed by atoms with Crippen molar-refractivity contribution >= 4 is 0 Å². The van der Waals surface area contributed by atoms with E-state index < -0.39 is 0 Å². The Bertz CT molecular complexity index is 632. The summed E-state index contributed by atoms with van der Waals surface area (Å²) in [7, 11) is 0. The van der Waals surface area contributed by atoms with Crippen molar-refractivity contribution in [3.8, 4) is 0 Å². The third kappa shape index (κ3) is 3.56. The summed E-state index contributed by atoms with van der Waals surface area (Å²) in [6.07, 6.45) is 14.9. The Morgan fingerprint density at radius 1 is 0.931 bits per heavy atom. The topological polar surface area (TPSA) is 20.2 Å². The molecule has 0 radical (unpaired) electrons. The number of aliphatic hydroxyl groups excluding tert-OH is 1. The third-order valence-corrected chi connectivity index (χ3v) is 10.8. The van der Waals surface area contributed by atoms with Crippen LogP contribution in [-0.4, -0.2) is 11.2 Å². The molecular formula is C28H48O. The zero-order valence-corrected chi connectivity index (χ0v) is 20.3. The highest BCUT2D eigenvalue weighted by atomic mass is 16.3. The van der Waals surface area contributed by atoms with Crippen molar-refractivity contribution in [1.82, 2.24) is 0 Å². The van der Waals surface area contributed by atoms with Crippen LogP contribution < -0.4 is 0 Å². The molecule has 4 rings (SSSR count). The molecule has 0 saturated heterocycles. The average Bonchev–Trinajstić information content (AvgIpc) is 3.02. The Hall–Kier alpha value is -0.300. The van der Waals surface area contributed by atoms with E-state index in [4.69, 9.17) is 0 Å².